The van der Waals surface area contributed by atoms with Crippen molar-refractivity contribution in [3.8, 4) is 0 Å². The first-order valence-electron chi connectivity index (χ1n) is 6.10. The standard InChI is InChI=1S/C13H15F3N2/c14-1-2-17-6-13(7-17)8-18(9-13)12-4-10(15)3-11(16)5-12/h3-5H,1-2,6-9H2. The SMILES string of the molecule is FCCN1CC2(C1)CN(c1cc(F)cc(F)c1)C2. The van der Waals surface area contributed by atoms with Gasteiger partial charge in [0.15, 0.2) is 0 Å². The topological polar surface area (TPSA) is 6.48 Å². The van der Waals surface area contributed by atoms with Gasteiger partial charge in [-0.1, -0.05) is 0 Å². The summed E-state index contributed by atoms with van der Waals surface area (Å²) in [5, 5.41) is 0. The molecule has 2 aliphatic rings. The van der Waals surface area contributed by atoms with E-state index < -0.39 is 11.6 Å². The van der Waals surface area contributed by atoms with Crippen LogP contribution in [0.5, 0.6) is 0 Å². The van der Waals surface area contributed by atoms with E-state index >= 15 is 0 Å². The van der Waals surface area contributed by atoms with Crippen molar-refractivity contribution in [3.63, 3.8) is 0 Å². The Balaban J connectivity index is 1.59. The Morgan fingerprint density at radius 3 is 2.17 bits per heavy atom. The minimum absolute atomic E-state index is 0.220. The first-order valence-corrected chi connectivity index (χ1v) is 6.10. The molecule has 1 spiro atoms. The summed E-state index contributed by atoms with van der Waals surface area (Å²) in [6, 6.07) is 3.59. The van der Waals surface area contributed by atoms with E-state index in [-0.39, 0.29) is 12.1 Å². The van der Waals surface area contributed by atoms with Crippen LogP contribution in [-0.4, -0.2) is 44.3 Å². The molecule has 2 saturated heterocycles. The number of likely N-dealkylation sites (tertiary alicyclic amines) is 1. The summed E-state index contributed by atoms with van der Waals surface area (Å²) >= 11 is 0. The fraction of sp³-hybridized carbons (Fsp3) is 0.538. The molecule has 1 aromatic rings. The lowest BCUT2D eigenvalue weighted by Crippen LogP contribution is -2.72. The maximum absolute atomic E-state index is 13.1. The van der Waals surface area contributed by atoms with Crippen LogP contribution < -0.4 is 4.90 Å². The molecule has 1 aromatic carbocycles. The quantitative estimate of drug-likeness (QED) is 0.816. The van der Waals surface area contributed by atoms with E-state index in [1.54, 1.807) is 0 Å². The molecule has 0 atom stereocenters. The second-order valence-corrected chi connectivity index (χ2v) is 5.38. The van der Waals surface area contributed by atoms with Crippen molar-refractivity contribution in [3.05, 3.63) is 29.8 Å². The highest BCUT2D eigenvalue weighted by molar-refractivity contribution is 5.51. The fourth-order valence-corrected chi connectivity index (χ4v) is 3.05. The molecule has 0 bridgehead atoms. The molecule has 2 nitrogen and oxygen atoms in total. The Morgan fingerprint density at radius 1 is 1.00 bits per heavy atom. The first kappa shape index (κ1) is 11.8. The van der Waals surface area contributed by atoms with Crippen molar-refractivity contribution in [2.24, 2.45) is 5.41 Å². The molecule has 5 heteroatoms. The highest BCUT2D eigenvalue weighted by atomic mass is 19.1. The van der Waals surface area contributed by atoms with Crippen molar-refractivity contribution in [1.29, 1.82) is 0 Å². The van der Waals surface area contributed by atoms with E-state index in [9.17, 15) is 13.2 Å². The molecule has 2 aliphatic heterocycles. The van der Waals surface area contributed by atoms with Gasteiger partial charge in [-0.15, -0.1) is 0 Å². The van der Waals surface area contributed by atoms with Crippen molar-refractivity contribution >= 4 is 5.69 Å². The molecule has 2 heterocycles. The van der Waals surface area contributed by atoms with E-state index in [0.717, 1.165) is 32.2 Å². The molecule has 0 aromatic heterocycles. The zero-order valence-electron chi connectivity index (χ0n) is 10.0. The number of anilines is 1. The summed E-state index contributed by atoms with van der Waals surface area (Å²) in [5.74, 6) is -1.09. The van der Waals surface area contributed by atoms with Crippen LogP contribution in [0.25, 0.3) is 0 Å². The van der Waals surface area contributed by atoms with Gasteiger partial charge in [0, 0.05) is 49.9 Å². The molecule has 0 radical (unpaired) electrons. The molecule has 0 saturated carbocycles. The second-order valence-electron chi connectivity index (χ2n) is 5.38. The predicted molar refractivity (Wildman–Crippen MR) is 63.4 cm³/mol. The van der Waals surface area contributed by atoms with Crippen LogP contribution in [0.15, 0.2) is 18.2 Å². The lowest BCUT2D eigenvalue weighted by Gasteiger charge is -2.61. The number of hydrogen-bond donors (Lipinski definition) is 0. The third-order valence-corrected chi connectivity index (χ3v) is 3.78. The lowest BCUT2D eigenvalue weighted by atomic mass is 9.72. The van der Waals surface area contributed by atoms with Crippen molar-refractivity contribution < 1.29 is 13.2 Å². The highest BCUT2D eigenvalue weighted by Gasteiger charge is 2.51. The normalized spacial score (nSPS) is 21.8. The zero-order chi connectivity index (χ0) is 12.8. The largest absolute Gasteiger partial charge is 0.370 e. The van der Waals surface area contributed by atoms with Gasteiger partial charge >= 0.3 is 0 Å². The van der Waals surface area contributed by atoms with E-state index in [1.807, 2.05) is 4.90 Å². The summed E-state index contributed by atoms with van der Waals surface area (Å²) in [4.78, 5) is 4.04. The molecule has 0 unspecified atom stereocenters. The number of nitrogens with zero attached hydrogens (tertiary/aromatic N) is 2. The Labute approximate surface area is 104 Å². The van der Waals surface area contributed by atoms with E-state index in [1.165, 1.54) is 12.1 Å². The molecule has 3 rings (SSSR count). The first-order chi connectivity index (χ1) is 8.60. The van der Waals surface area contributed by atoms with Gasteiger partial charge in [0.05, 0.1) is 0 Å². The van der Waals surface area contributed by atoms with Crippen molar-refractivity contribution in [2.45, 2.75) is 0 Å². The Kier molecular flexibility index (Phi) is 2.73. The summed E-state index contributed by atoms with van der Waals surface area (Å²) < 4.78 is 38.3. The zero-order valence-corrected chi connectivity index (χ0v) is 10.0. The maximum atomic E-state index is 13.1. The van der Waals surface area contributed by atoms with Crippen molar-refractivity contribution in [1.82, 2.24) is 4.90 Å². The Bertz CT molecular complexity index is 429. The number of halogens is 3. The van der Waals surface area contributed by atoms with E-state index in [0.29, 0.717) is 12.2 Å². The summed E-state index contributed by atoms with van der Waals surface area (Å²) in [6.45, 7) is 3.58. The number of alkyl halides is 1. The summed E-state index contributed by atoms with van der Waals surface area (Å²) in [6.07, 6.45) is 0. The van der Waals surface area contributed by atoms with Gasteiger partial charge in [-0.2, -0.15) is 0 Å². The van der Waals surface area contributed by atoms with Crippen LogP contribution in [0.3, 0.4) is 0 Å². The molecule has 18 heavy (non-hydrogen) atoms. The summed E-state index contributed by atoms with van der Waals surface area (Å²) in [5.41, 5.74) is 0.819. The van der Waals surface area contributed by atoms with Gasteiger partial charge in [0.25, 0.3) is 0 Å². The van der Waals surface area contributed by atoms with E-state index in [4.69, 9.17) is 0 Å². The monoisotopic (exact) mass is 256 g/mol. The fourth-order valence-electron chi connectivity index (χ4n) is 3.05. The van der Waals surface area contributed by atoms with Crippen LogP contribution in [0.4, 0.5) is 18.9 Å². The van der Waals surface area contributed by atoms with Gasteiger partial charge in [-0.05, 0) is 12.1 Å². The van der Waals surface area contributed by atoms with Crippen LogP contribution >= 0.6 is 0 Å². The highest BCUT2D eigenvalue weighted by Crippen LogP contribution is 2.41. The van der Waals surface area contributed by atoms with Crippen molar-refractivity contribution in [2.75, 3.05) is 44.3 Å². The van der Waals surface area contributed by atoms with E-state index in [2.05, 4.69) is 4.90 Å². The predicted octanol–water partition coefficient (Wildman–Crippen LogP) is 2.06. The smallest absolute Gasteiger partial charge is 0.128 e. The average Bonchev–Trinajstić information content (AvgIpc) is 2.17. The third kappa shape index (κ3) is 1.96. The molecular weight excluding hydrogens is 241 g/mol. The molecular formula is C13H15F3N2. The number of rotatable bonds is 3. The van der Waals surface area contributed by atoms with Crippen LogP contribution in [0.2, 0.25) is 0 Å². The minimum atomic E-state index is -0.543. The third-order valence-electron chi connectivity index (χ3n) is 3.78. The number of benzene rings is 1. The molecule has 0 amide bonds. The second kappa shape index (κ2) is 4.16. The van der Waals surface area contributed by atoms with Gasteiger partial charge < -0.3 is 4.90 Å². The lowest BCUT2D eigenvalue weighted by molar-refractivity contribution is -0.0242. The van der Waals surface area contributed by atoms with Crippen LogP contribution in [-0.2, 0) is 0 Å². The Morgan fingerprint density at radius 2 is 1.61 bits per heavy atom. The van der Waals surface area contributed by atoms with Gasteiger partial charge in [-0.25, -0.2) is 13.2 Å². The van der Waals surface area contributed by atoms with Crippen LogP contribution in [0, 0.1) is 17.0 Å². The molecule has 98 valence electrons. The maximum Gasteiger partial charge on any atom is 0.128 e. The minimum Gasteiger partial charge on any atom is -0.370 e. The molecule has 0 aliphatic carbocycles. The molecule has 0 N–H and O–H groups in total. The number of hydrogen-bond acceptors (Lipinski definition) is 2. The van der Waals surface area contributed by atoms with Crippen LogP contribution in [0.1, 0.15) is 0 Å². The Hall–Kier alpha value is -1.23. The summed E-state index contributed by atoms with van der Waals surface area (Å²) in [7, 11) is 0. The molecule has 2 fully saturated rings. The van der Waals surface area contributed by atoms with Gasteiger partial charge in [0.1, 0.15) is 18.3 Å². The van der Waals surface area contributed by atoms with Gasteiger partial charge in [0.2, 0.25) is 0 Å². The average molecular weight is 256 g/mol. The van der Waals surface area contributed by atoms with Gasteiger partial charge in [-0.3, -0.25) is 4.90 Å².